The van der Waals surface area contributed by atoms with E-state index < -0.39 is 0 Å². The van der Waals surface area contributed by atoms with Gasteiger partial charge in [-0.1, -0.05) is 0 Å². The Hall–Kier alpha value is -1.03. The first-order valence-corrected chi connectivity index (χ1v) is 5.25. The lowest BCUT2D eigenvalue weighted by Gasteiger charge is -2.22. The summed E-state index contributed by atoms with van der Waals surface area (Å²) in [5.74, 6) is 0.592. The summed E-state index contributed by atoms with van der Waals surface area (Å²) in [6.07, 6.45) is 7.09. The lowest BCUT2D eigenvalue weighted by Crippen LogP contribution is -2.20. The van der Waals surface area contributed by atoms with Crippen LogP contribution in [-0.2, 0) is 11.3 Å². The molecule has 1 aromatic heterocycles. The van der Waals surface area contributed by atoms with Crippen LogP contribution in [0.1, 0.15) is 25.7 Å². The first-order chi connectivity index (χ1) is 6.84. The van der Waals surface area contributed by atoms with E-state index in [4.69, 9.17) is 10.5 Å². The molecule has 0 aromatic carbocycles. The lowest BCUT2D eigenvalue weighted by atomic mass is 10.1. The van der Waals surface area contributed by atoms with Crippen LogP contribution in [0.15, 0.2) is 12.3 Å². The highest BCUT2D eigenvalue weighted by atomic mass is 16.5. The highest BCUT2D eigenvalue weighted by molar-refractivity contribution is 5.23. The number of aryl methyl sites for hydroxylation is 1. The molecule has 4 heteroatoms. The second-order valence-electron chi connectivity index (χ2n) is 3.78. The zero-order valence-electron chi connectivity index (χ0n) is 8.35. The molecule has 1 unspecified atom stereocenters. The Morgan fingerprint density at radius 3 is 3.14 bits per heavy atom. The molecular weight excluding hydrogens is 178 g/mol. The molecule has 1 atom stereocenters. The first kappa shape index (κ1) is 9.52. The minimum Gasteiger partial charge on any atom is -0.382 e. The van der Waals surface area contributed by atoms with Gasteiger partial charge in [-0.05, 0) is 31.7 Å². The van der Waals surface area contributed by atoms with Gasteiger partial charge in [0.05, 0.1) is 6.10 Å². The normalized spacial score (nSPS) is 22.4. The average Bonchev–Trinajstić information content (AvgIpc) is 2.63. The Labute approximate surface area is 84.0 Å². The Balaban J connectivity index is 1.76. The molecule has 0 radical (unpaired) electrons. The molecule has 14 heavy (non-hydrogen) atoms. The molecule has 1 aliphatic rings. The van der Waals surface area contributed by atoms with Crippen molar-refractivity contribution in [2.45, 2.75) is 38.3 Å². The average molecular weight is 195 g/mol. The van der Waals surface area contributed by atoms with Gasteiger partial charge in [0, 0.05) is 19.3 Å². The summed E-state index contributed by atoms with van der Waals surface area (Å²) >= 11 is 0. The second-order valence-corrected chi connectivity index (χ2v) is 3.78. The standard InChI is InChI=1S/C10H17N3O/c11-10-5-7-13(12-10)6-4-9-3-1-2-8-14-9/h5,7,9H,1-4,6,8H2,(H2,11,12). The fourth-order valence-corrected chi connectivity index (χ4v) is 1.81. The van der Waals surface area contributed by atoms with Crippen LogP contribution in [0, 0.1) is 0 Å². The number of anilines is 1. The second kappa shape index (κ2) is 4.46. The van der Waals surface area contributed by atoms with Crippen molar-refractivity contribution in [3.05, 3.63) is 12.3 Å². The number of nitrogens with two attached hydrogens (primary N) is 1. The van der Waals surface area contributed by atoms with Crippen LogP contribution in [0.5, 0.6) is 0 Å². The molecule has 4 nitrogen and oxygen atoms in total. The Bertz CT molecular complexity index is 279. The van der Waals surface area contributed by atoms with Crippen molar-refractivity contribution in [2.75, 3.05) is 12.3 Å². The van der Waals surface area contributed by atoms with Gasteiger partial charge in [0.25, 0.3) is 0 Å². The number of hydrogen-bond donors (Lipinski definition) is 1. The van der Waals surface area contributed by atoms with Crippen molar-refractivity contribution in [3.8, 4) is 0 Å². The molecule has 78 valence electrons. The van der Waals surface area contributed by atoms with Crippen molar-refractivity contribution in [2.24, 2.45) is 0 Å². The van der Waals surface area contributed by atoms with Gasteiger partial charge in [0.15, 0.2) is 0 Å². The molecule has 0 amide bonds. The van der Waals surface area contributed by atoms with E-state index in [0.29, 0.717) is 11.9 Å². The van der Waals surface area contributed by atoms with Gasteiger partial charge in [-0.25, -0.2) is 0 Å². The Morgan fingerprint density at radius 2 is 2.50 bits per heavy atom. The zero-order valence-corrected chi connectivity index (χ0v) is 8.35. The maximum Gasteiger partial charge on any atom is 0.145 e. The summed E-state index contributed by atoms with van der Waals surface area (Å²) in [4.78, 5) is 0. The molecule has 1 aliphatic heterocycles. The number of hydrogen-bond acceptors (Lipinski definition) is 3. The summed E-state index contributed by atoms with van der Waals surface area (Å²) in [5, 5.41) is 4.13. The quantitative estimate of drug-likeness (QED) is 0.793. The molecular formula is C10H17N3O. The summed E-state index contributed by atoms with van der Waals surface area (Å²) in [7, 11) is 0. The summed E-state index contributed by atoms with van der Waals surface area (Å²) in [6.45, 7) is 1.83. The van der Waals surface area contributed by atoms with Gasteiger partial charge in [0.2, 0.25) is 0 Å². The van der Waals surface area contributed by atoms with Crippen LogP contribution in [0.3, 0.4) is 0 Å². The monoisotopic (exact) mass is 195 g/mol. The fraction of sp³-hybridized carbons (Fsp3) is 0.700. The predicted octanol–water partition coefficient (Wildman–Crippen LogP) is 1.42. The zero-order chi connectivity index (χ0) is 9.80. The van der Waals surface area contributed by atoms with Crippen LogP contribution >= 0.6 is 0 Å². The third kappa shape index (κ3) is 2.48. The van der Waals surface area contributed by atoms with Crippen molar-refractivity contribution >= 4 is 5.82 Å². The largest absolute Gasteiger partial charge is 0.382 e. The molecule has 1 fully saturated rings. The molecule has 2 N–H and O–H groups in total. The Kier molecular flexibility index (Phi) is 3.03. The van der Waals surface area contributed by atoms with Crippen LogP contribution < -0.4 is 5.73 Å². The summed E-state index contributed by atoms with van der Waals surface area (Å²) in [6, 6.07) is 1.82. The van der Waals surface area contributed by atoms with Crippen LogP contribution in [0.4, 0.5) is 5.82 Å². The fourth-order valence-electron chi connectivity index (χ4n) is 1.81. The number of nitrogen functional groups attached to an aromatic ring is 1. The van der Waals surface area contributed by atoms with E-state index in [1.807, 2.05) is 16.9 Å². The van der Waals surface area contributed by atoms with Crippen LogP contribution in [0.25, 0.3) is 0 Å². The number of rotatable bonds is 3. The predicted molar refractivity (Wildman–Crippen MR) is 54.8 cm³/mol. The minimum atomic E-state index is 0.425. The SMILES string of the molecule is Nc1ccn(CCC2CCCCO2)n1. The third-order valence-corrected chi connectivity index (χ3v) is 2.62. The van der Waals surface area contributed by atoms with Crippen molar-refractivity contribution in [1.29, 1.82) is 0 Å². The molecule has 0 bridgehead atoms. The van der Waals surface area contributed by atoms with Crippen LogP contribution in [-0.4, -0.2) is 22.5 Å². The molecule has 2 rings (SSSR count). The number of nitrogens with zero attached hydrogens (tertiary/aromatic N) is 2. The minimum absolute atomic E-state index is 0.425. The van der Waals surface area contributed by atoms with E-state index in [0.717, 1.165) is 19.6 Å². The third-order valence-electron chi connectivity index (χ3n) is 2.62. The van der Waals surface area contributed by atoms with Crippen molar-refractivity contribution in [3.63, 3.8) is 0 Å². The summed E-state index contributed by atoms with van der Waals surface area (Å²) in [5.41, 5.74) is 5.52. The number of ether oxygens (including phenoxy) is 1. The van der Waals surface area contributed by atoms with Gasteiger partial charge in [0.1, 0.15) is 5.82 Å². The number of aromatic nitrogens is 2. The lowest BCUT2D eigenvalue weighted by molar-refractivity contribution is 0.00829. The van der Waals surface area contributed by atoms with Crippen molar-refractivity contribution < 1.29 is 4.74 Å². The highest BCUT2D eigenvalue weighted by Gasteiger charge is 2.13. The molecule has 0 aliphatic carbocycles. The first-order valence-electron chi connectivity index (χ1n) is 5.25. The van der Waals surface area contributed by atoms with Gasteiger partial charge in [-0.2, -0.15) is 5.10 Å². The van der Waals surface area contributed by atoms with Gasteiger partial charge in [-0.15, -0.1) is 0 Å². The van der Waals surface area contributed by atoms with Gasteiger partial charge >= 0.3 is 0 Å². The van der Waals surface area contributed by atoms with E-state index in [1.165, 1.54) is 19.3 Å². The smallest absolute Gasteiger partial charge is 0.145 e. The van der Waals surface area contributed by atoms with E-state index in [-0.39, 0.29) is 0 Å². The molecule has 0 saturated carbocycles. The van der Waals surface area contributed by atoms with Gasteiger partial charge < -0.3 is 10.5 Å². The maximum absolute atomic E-state index is 5.63. The van der Waals surface area contributed by atoms with E-state index in [2.05, 4.69) is 5.10 Å². The van der Waals surface area contributed by atoms with E-state index >= 15 is 0 Å². The van der Waals surface area contributed by atoms with E-state index in [9.17, 15) is 0 Å². The maximum atomic E-state index is 5.63. The molecule has 2 heterocycles. The van der Waals surface area contributed by atoms with Crippen LogP contribution in [0.2, 0.25) is 0 Å². The highest BCUT2D eigenvalue weighted by Crippen LogP contribution is 2.16. The van der Waals surface area contributed by atoms with E-state index in [1.54, 1.807) is 0 Å². The summed E-state index contributed by atoms with van der Waals surface area (Å²) < 4.78 is 7.52. The Morgan fingerprint density at radius 1 is 1.57 bits per heavy atom. The van der Waals surface area contributed by atoms with Gasteiger partial charge in [-0.3, -0.25) is 4.68 Å². The molecule has 0 spiro atoms. The topological polar surface area (TPSA) is 53.1 Å². The van der Waals surface area contributed by atoms with Crippen molar-refractivity contribution in [1.82, 2.24) is 9.78 Å². The molecule has 1 aromatic rings. The molecule has 1 saturated heterocycles.